The molecule has 2 aromatic rings. The molecule has 2 atom stereocenters. The molecular weight excluding hydrogens is 374 g/mol. The molecule has 0 spiro atoms. The number of phenolic OH excluding ortho intramolecular Hbond substituents is 1. The smallest absolute Gasteiger partial charge is 0.342 e. The van der Waals surface area contributed by atoms with Crippen LogP contribution in [0.2, 0.25) is 0 Å². The highest BCUT2D eigenvalue weighted by Gasteiger charge is 2.31. The van der Waals surface area contributed by atoms with Crippen molar-refractivity contribution >= 4 is 17.8 Å². The number of fused-ring (bicyclic) bond motifs is 1. The lowest BCUT2D eigenvalue weighted by Crippen LogP contribution is -2.43. The van der Waals surface area contributed by atoms with E-state index in [-0.39, 0.29) is 30.3 Å². The van der Waals surface area contributed by atoms with Crippen LogP contribution < -0.4 is 5.32 Å². The van der Waals surface area contributed by atoms with Gasteiger partial charge in [0, 0.05) is 12.8 Å². The predicted octanol–water partition coefficient (Wildman–Crippen LogP) is 2.40. The minimum Gasteiger partial charge on any atom is -0.506 e. The standard InChI is InChI=1S/C22H23NO6/c1-3-28-21(26)17(12-14-7-5-4-6-8-14)23-20(25)16-10-9-15-11-13(2)29-22(27)18(15)19(16)24/h4-10,13,17,24H,3,11-12H2,1-2H3,(H,23,25)/t13-,17+/m1/s1. The second-order valence-corrected chi connectivity index (χ2v) is 6.88. The molecule has 7 heteroatoms. The van der Waals surface area contributed by atoms with Gasteiger partial charge in [0.25, 0.3) is 5.91 Å². The first-order valence-corrected chi connectivity index (χ1v) is 9.48. The number of esters is 2. The van der Waals surface area contributed by atoms with Crippen molar-refractivity contribution in [2.45, 2.75) is 38.8 Å². The summed E-state index contributed by atoms with van der Waals surface area (Å²) in [5.74, 6) is -2.36. The molecule has 0 unspecified atom stereocenters. The lowest BCUT2D eigenvalue weighted by molar-refractivity contribution is -0.145. The minimum absolute atomic E-state index is 0.00788. The summed E-state index contributed by atoms with van der Waals surface area (Å²) in [6.45, 7) is 3.61. The third kappa shape index (κ3) is 4.56. The zero-order chi connectivity index (χ0) is 21.0. The molecular formula is C22H23NO6. The lowest BCUT2D eigenvalue weighted by Gasteiger charge is -2.23. The van der Waals surface area contributed by atoms with Gasteiger partial charge in [0.05, 0.1) is 12.2 Å². The number of rotatable bonds is 6. The van der Waals surface area contributed by atoms with Gasteiger partial charge in [0.2, 0.25) is 0 Å². The Morgan fingerprint density at radius 3 is 2.66 bits per heavy atom. The first kappa shape index (κ1) is 20.4. The van der Waals surface area contributed by atoms with Gasteiger partial charge in [0.15, 0.2) is 0 Å². The molecule has 2 N–H and O–H groups in total. The van der Waals surface area contributed by atoms with Gasteiger partial charge >= 0.3 is 11.9 Å². The maximum absolute atomic E-state index is 12.8. The van der Waals surface area contributed by atoms with Crippen LogP contribution in [-0.4, -0.2) is 41.7 Å². The van der Waals surface area contributed by atoms with Crippen molar-refractivity contribution in [3.63, 3.8) is 0 Å². The molecule has 1 aliphatic heterocycles. The number of amides is 1. The molecule has 0 saturated heterocycles. The van der Waals surface area contributed by atoms with Crippen LogP contribution in [0.5, 0.6) is 5.75 Å². The van der Waals surface area contributed by atoms with E-state index in [1.54, 1.807) is 19.9 Å². The Morgan fingerprint density at radius 2 is 1.97 bits per heavy atom. The molecule has 0 aliphatic carbocycles. The molecule has 0 radical (unpaired) electrons. The van der Waals surface area contributed by atoms with Gasteiger partial charge in [-0.2, -0.15) is 0 Å². The number of nitrogens with one attached hydrogen (secondary N) is 1. The molecule has 3 rings (SSSR count). The van der Waals surface area contributed by atoms with E-state index in [1.165, 1.54) is 6.07 Å². The van der Waals surface area contributed by atoms with Gasteiger partial charge in [-0.15, -0.1) is 0 Å². The quantitative estimate of drug-likeness (QED) is 0.726. The van der Waals surface area contributed by atoms with Crippen LogP contribution in [0, 0.1) is 0 Å². The van der Waals surface area contributed by atoms with E-state index in [1.807, 2.05) is 30.3 Å². The molecule has 1 aliphatic rings. The Labute approximate surface area is 168 Å². The summed E-state index contributed by atoms with van der Waals surface area (Å²) in [4.78, 5) is 37.3. The Kier molecular flexibility index (Phi) is 6.16. The Hall–Kier alpha value is -3.35. The van der Waals surface area contributed by atoms with Crippen molar-refractivity contribution in [1.82, 2.24) is 5.32 Å². The van der Waals surface area contributed by atoms with Crippen LogP contribution in [-0.2, 0) is 27.1 Å². The molecule has 0 fully saturated rings. The van der Waals surface area contributed by atoms with E-state index in [9.17, 15) is 19.5 Å². The monoisotopic (exact) mass is 397 g/mol. The largest absolute Gasteiger partial charge is 0.506 e. The van der Waals surface area contributed by atoms with Gasteiger partial charge in [-0.25, -0.2) is 9.59 Å². The summed E-state index contributed by atoms with van der Waals surface area (Å²) < 4.78 is 10.2. The van der Waals surface area contributed by atoms with Crippen LogP contribution in [0.1, 0.15) is 45.7 Å². The Balaban J connectivity index is 1.85. The highest BCUT2D eigenvalue weighted by molar-refractivity contribution is 6.04. The molecule has 29 heavy (non-hydrogen) atoms. The summed E-state index contributed by atoms with van der Waals surface area (Å²) in [6.07, 6.45) is 0.389. The summed E-state index contributed by atoms with van der Waals surface area (Å²) >= 11 is 0. The Bertz CT molecular complexity index is 924. The van der Waals surface area contributed by atoms with E-state index in [0.29, 0.717) is 12.0 Å². The van der Waals surface area contributed by atoms with Crippen molar-refractivity contribution < 1.29 is 29.0 Å². The zero-order valence-electron chi connectivity index (χ0n) is 16.3. The second kappa shape index (κ2) is 8.77. The summed E-state index contributed by atoms with van der Waals surface area (Å²) in [6, 6.07) is 11.3. The molecule has 152 valence electrons. The molecule has 1 heterocycles. The number of aromatic hydroxyl groups is 1. The average Bonchev–Trinajstić information content (AvgIpc) is 2.68. The number of ether oxygens (including phenoxy) is 2. The number of carbonyl (C=O) groups excluding carboxylic acids is 3. The van der Waals surface area contributed by atoms with Crippen molar-refractivity contribution in [3.8, 4) is 5.75 Å². The van der Waals surface area contributed by atoms with Gasteiger partial charge < -0.3 is 19.9 Å². The third-order valence-corrected chi connectivity index (χ3v) is 4.69. The van der Waals surface area contributed by atoms with E-state index in [4.69, 9.17) is 9.47 Å². The van der Waals surface area contributed by atoms with E-state index < -0.39 is 29.6 Å². The van der Waals surface area contributed by atoms with Gasteiger partial charge in [-0.1, -0.05) is 36.4 Å². The second-order valence-electron chi connectivity index (χ2n) is 6.88. The maximum atomic E-state index is 12.8. The topological polar surface area (TPSA) is 102 Å². The molecule has 0 saturated carbocycles. The van der Waals surface area contributed by atoms with Crippen LogP contribution in [0.15, 0.2) is 42.5 Å². The van der Waals surface area contributed by atoms with Crippen molar-refractivity contribution in [2.24, 2.45) is 0 Å². The zero-order valence-corrected chi connectivity index (χ0v) is 16.3. The fraction of sp³-hybridized carbons (Fsp3) is 0.318. The molecule has 1 amide bonds. The SMILES string of the molecule is CCOC(=O)[C@H](Cc1ccccc1)NC(=O)c1ccc2c(c1O)C(=O)O[C@H](C)C2. The van der Waals surface area contributed by atoms with E-state index >= 15 is 0 Å². The maximum Gasteiger partial charge on any atom is 0.342 e. The van der Waals surface area contributed by atoms with Crippen LogP contribution in [0.3, 0.4) is 0 Å². The molecule has 0 bridgehead atoms. The molecule has 0 aromatic heterocycles. The third-order valence-electron chi connectivity index (χ3n) is 4.69. The number of cyclic esters (lactones) is 1. The van der Waals surface area contributed by atoms with Crippen LogP contribution in [0.25, 0.3) is 0 Å². The lowest BCUT2D eigenvalue weighted by atomic mass is 9.95. The number of hydrogen-bond acceptors (Lipinski definition) is 6. The number of carbonyl (C=O) groups is 3. The summed E-state index contributed by atoms with van der Waals surface area (Å²) in [5.41, 5.74) is 1.36. The Morgan fingerprint density at radius 1 is 1.24 bits per heavy atom. The molecule has 2 aromatic carbocycles. The van der Waals surface area contributed by atoms with Crippen LogP contribution in [0.4, 0.5) is 0 Å². The first-order chi connectivity index (χ1) is 13.9. The van der Waals surface area contributed by atoms with Crippen molar-refractivity contribution in [2.75, 3.05) is 6.61 Å². The number of benzene rings is 2. The highest BCUT2D eigenvalue weighted by atomic mass is 16.5. The van der Waals surface area contributed by atoms with Crippen molar-refractivity contribution in [3.05, 3.63) is 64.7 Å². The van der Waals surface area contributed by atoms with Crippen molar-refractivity contribution in [1.29, 1.82) is 0 Å². The summed E-state index contributed by atoms with van der Waals surface area (Å²) in [5, 5.41) is 13.1. The predicted molar refractivity (Wildman–Crippen MR) is 105 cm³/mol. The van der Waals surface area contributed by atoms with Gasteiger partial charge in [-0.3, -0.25) is 4.79 Å². The fourth-order valence-corrected chi connectivity index (χ4v) is 3.33. The van der Waals surface area contributed by atoms with Crippen LogP contribution >= 0.6 is 0 Å². The molecule has 7 nitrogen and oxygen atoms in total. The normalized spacial score (nSPS) is 16.3. The number of hydrogen-bond donors (Lipinski definition) is 2. The number of phenols is 1. The minimum atomic E-state index is -0.938. The fourth-order valence-electron chi connectivity index (χ4n) is 3.33. The van der Waals surface area contributed by atoms with E-state index in [0.717, 1.165) is 5.56 Å². The van der Waals surface area contributed by atoms with Gasteiger partial charge in [-0.05, 0) is 31.0 Å². The first-order valence-electron chi connectivity index (χ1n) is 9.48. The van der Waals surface area contributed by atoms with Gasteiger partial charge in [0.1, 0.15) is 23.5 Å². The summed E-state index contributed by atoms with van der Waals surface area (Å²) in [7, 11) is 0. The average molecular weight is 397 g/mol. The van der Waals surface area contributed by atoms with E-state index in [2.05, 4.69) is 5.32 Å². The highest BCUT2D eigenvalue weighted by Crippen LogP contribution is 2.31.